The number of halogens is 5. The number of alkyl halides is 5. The molecule has 0 aliphatic heterocycles. The zero-order valence-electron chi connectivity index (χ0n) is 13.3. The minimum Gasteiger partial charge on any atom is -0.326 e. The topological polar surface area (TPSA) is 29.1 Å². The van der Waals surface area contributed by atoms with Gasteiger partial charge in [-0.15, -0.1) is 23.2 Å². The Labute approximate surface area is 154 Å². The van der Waals surface area contributed by atoms with E-state index in [2.05, 4.69) is 5.32 Å². The molecule has 1 amide bonds. The summed E-state index contributed by atoms with van der Waals surface area (Å²) in [5.41, 5.74) is -0.560. The Bertz CT molecular complexity index is 684. The number of fused-ring (bicyclic) bond motifs is 2. The number of carbonyl (C=O) groups is 1. The first-order valence-corrected chi connectivity index (χ1v) is 9.31. The highest BCUT2D eigenvalue weighted by molar-refractivity contribution is 6.51. The van der Waals surface area contributed by atoms with Crippen molar-refractivity contribution in [2.45, 2.75) is 36.2 Å². The van der Waals surface area contributed by atoms with Crippen LogP contribution in [0.15, 0.2) is 24.3 Å². The number of rotatable bonds is 2. The van der Waals surface area contributed by atoms with Crippen molar-refractivity contribution in [3.8, 4) is 0 Å². The lowest BCUT2D eigenvalue weighted by molar-refractivity contribution is -0.137. The minimum absolute atomic E-state index is 0.105. The number of nitrogens with one attached hydrogen (secondary N) is 1. The predicted molar refractivity (Wildman–Crippen MR) is 90.4 cm³/mol. The standard InChI is InChI=1S/C18H18Cl2F3NO/c19-17(20)13-6-4-11-12(5-7-14(13)17)15(11)16(25)24-10-3-1-2-9(8-10)18(21,22)23/h1-3,8,11-15H,4-7H2,(H,24,25)/t11-,12+,13-,14-,15?/m1/s1. The molecule has 25 heavy (non-hydrogen) atoms. The van der Waals surface area contributed by atoms with Gasteiger partial charge in [-0.25, -0.2) is 0 Å². The van der Waals surface area contributed by atoms with Crippen LogP contribution in [0.5, 0.6) is 0 Å². The molecule has 1 aromatic rings. The van der Waals surface area contributed by atoms with Gasteiger partial charge in [0.05, 0.1) is 5.56 Å². The van der Waals surface area contributed by atoms with Crippen molar-refractivity contribution in [3.63, 3.8) is 0 Å². The van der Waals surface area contributed by atoms with E-state index in [-0.39, 0.29) is 17.5 Å². The van der Waals surface area contributed by atoms with Crippen LogP contribution in [0.25, 0.3) is 0 Å². The molecule has 2 nitrogen and oxygen atoms in total. The summed E-state index contributed by atoms with van der Waals surface area (Å²) >= 11 is 12.5. The smallest absolute Gasteiger partial charge is 0.326 e. The maximum absolute atomic E-state index is 12.8. The summed E-state index contributed by atoms with van der Waals surface area (Å²) in [4.78, 5) is 12.5. The summed E-state index contributed by atoms with van der Waals surface area (Å²) in [6.45, 7) is 0. The molecule has 3 aliphatic carbocycles. The number of carbonyl (C=O) groups excluding carboxylic acids is 1. The third-order valence-electron chi connectivity index (χ3n) is 6.08. The van der Waals surface area contributed by atoms with E-state index >= 15 is 0 Å². The zero-order valence-corrected chi connectivity index (χ0v) is 14.8. The lowest BCUT2D eigenvalue weighted by Crippen LogP contribution is -2.16. The summed E-state index contributed by atoms with van der Waals surface area (Å²) in [6, 6.07) is 4.77. The Morgan fingerprint density at radius 2 is 1.68 bits per heavy atom. The molecule has 5 atom stereocenters. The maximum atomic E-state index is 12.8. The summed E-state index contributed by atoms with van der Waals surface area (Å²) in [6.07, 6.45) is -0.749. The van der Waals surface area contributed by atoms with Crippen molar-refractivity contribution >= 4 is 34.8 Å². The van der Waals surface area contributed by atoms with E-state index in [9.17, 15) is 18.0 Å². The average Bonchev–Trinajstić information content (AvgIpc) is 3.31. The fraction of sp³-hybridized carbons (Fsp3) is 0.611. The van der Waals surface area contributed by atoms with E-state index in [1.807, 2.05) is 0 Å². The monoisotopic (exact) mass is 391 g/mol. The fourth-order valence-electron chi connectivity index (χ4n) is 4.61. The lowest BCUT2D eigenvalue weighted by Gasteiger charge is -2.10. The second kappa shape index (κ2) is 5.78. The van der Waals surface area contributed by atoms with Crippen molar-refractivity contribution < 1.29 is 18.0 Å². The first-order valence-electron chi connectivity index (χ1n) is 8.55. The summed E-state index contributed by atoms with van der Waals surface area (Å²) in [7, 11) is 0. The van der Waals surface area contributed by atoms with Crippen LogP contribution in [0, 0.1) is 29.6 Å². The van der Waals surface area contributed by atoms with Gasteiger partial charge in [-0.05, 0) is 67.6 Å². The quantitative estimate of drug-likeness (QED) is 0.662. The summed E-state index contributed by atoms with van der Waals surface area (Å²) in [5.74, 6) is 0.974. The largest absolute Gasteiger partial charge is 0.416 e. The normalized spacial score (nSPS) is 35.6. The van der Waals surface area contributed by atoms with Gasteiger partial charge in [-0.3, -0.25) is 4.79 Å². The molecule has 136 valence electrons. The van der Waals surface area contributed by atoms with Crippen LogP contribution in [0.3, 0.4) is 0 Å². The number of hydrogen-bond acceptors (Lipinski definition) is 1. The molecule has 1 unspecified atom stereocenters. The van der Waals surface area contributed by atoms with Crippen LogP contribution in [-0.4, -0.2) is 10.2 Å². The van der Waals surface area contributed by atoms with E-state index < -0.39 is 16.1 Å². The molecule has 0 aromatic heterocycles. The molecular weight excluding hydrogens is 374 g/mol. The Morgan fingerprint density at radius 3 is 2.24 bits per heavy atom. The van der Waals surface area contributed by atoms with Crippen LogP contribution >= 0.6 is 23.2 Å². The highest BCUT2D eigenvalue weighted by Crippen LogP contribution is 2.67. The Balaban J connectivity index is 1.39. The number of amides is 1. The van der Waals surface area contributed by atoms with Gasteiger partial charge in [0.2, 0.25) is 5.91 Å². The van der Waals surface area contributed by atoms with Gasteiger partial charge in [0.25, 0.3) is 0 Å². The highest BCUT2D eigenvalue weighted by Gasteiger charge is 2.65. The zero-order chi connectivity index (χ0) is 18.0. The second-order valence-electron chi connectivity index (χ2n) is 7.46. The van der Waals surface area contributed by atoms with E-state index in [0.717, 1.165) is 37.8 Å². The average molecular weight is 392 g/mol. The molecule has 3 saturated carbocycles. The Morgan fingerprint density at radius 1 is 1.08 bits per heavy atom. The molecule has 0 spiro atoms. The first-order chi connectivity index (χ1) is 11.7. The molecule has 0 bridgehead atoms. The summed E-state index contributed by atoms with van der Waals surface area (Å²) < 4.78 is 37.7. The molecule has 3 fully saturated rings. The summed E-state index contributed by atoms with van der Waals surface area (Å²) in [5, 5.41) is 2.66. The fourth-order valence-corrected chi connectivity index (χ4v) is 5.53. The van der Waals surface area contributed by atoms with Gasteiger partial charge >= 0.3 is 6.18 Å². The molecule has 0 heterocycles. The third kappa shape index (κ3) is 3.14. The van der Waals surface area contributed by atoms with Crippen LogP contribution < -0.4 is 5.32 Å². The van der Waals surface area contributed by atoms with Crippen molar-refractivity contribution in [2.24, 2.45) is 29.6 Å². The van der Waals surface area contributed by atoms with E-state index in [1.165, 1.54) is 12.1 Å². The Kier molecular flexibility index (Phi) is 4.04. The molecule has 0 radical (unpaired) electrons. The molecular formula is C18H18Cl2F3NO. The molecule has 3 aliphatic rings. The Hall–Kier alpha value is -0.940. The van der Waals surface area contributed by atoms with Crippen molar-refractivity contribution in [1.29, 1.82) is 0 Å². The molecule has 4 rings (SSSR count). The lowest BCUT2D eigenvalue weighted by atomic mass is 10.0. The van der Waals surface area contributed by atoms with Gasteiger partial charge < -0.3 is 5.32 Å². The molecule has 0 saturated heterocycles. The van der Waals surface area contributed by atoms with E-state index in [0.29, 0.717) is 23.7 Å². The van der Waals surface area contributed by atoms with E-state index in [1.54, 1.807) is 0 Å². The second-order valence-corrected chi connectivity index (χ2v) is 8.91. The highest BCUT2D eigenvalue weighted by atomic mass is 35.5. The molecule has 1 N–H and O–H groups in total. The maximum Gasteiger partial charge on any atom is 0.416 e. The minimum atomic E-state index is -4.42. The van der Waals surface area contributed by atoms with Crippen molar-refractivity contribution in [3.05, 3.63) is 29.8 Å². The van der Waals surface area contributed by atoms with Gasteiger partial charge in [-0.2, -0.15) is 13.2 Å². The van der Waals surface area contributed by atoms with Gasteiger partial charge in [0, 0.05) is 11.6 Å². The van der Waals surface area contributed by atoms with Crippen molar-refractivity contribution in [1.82, 2.24) is 0 Å². The van der Waals surface area contributed by atoms with Gasteiger partial charge in [0.1, 0.15) is 4.33 Å². The number of anilines is 1. The first kappa shape index (κ1) is 17.5. The van der Waals surface area contributed by atoms with Crippen LogP contribution in [-0.2, 0) is 11.0 Å². The third-order valence-corrected chi connectivity index (χ3v) is 7.20. The van der Waals surface area contributed by atoms with Crippen LogP contribution in [0.4, 0.5) is 18.9 Å². The SMILES string of the molecule is O=C(Nc1cccc(C(F)(F)F)c1)C1[C@H]2CC[C@@H]3[C@@H](CC[C@@H]12)C3(Cl)Cl. The molecule has 7 heteroatoms. The van der Waals surface area contributed by atoms with E-state index in [4.69, 9.17) is 23.2 Å². The predicted octanol–water partition coefficient (Wildman–Crippen LogP) is 5.50. The number of benzene rings is 1. The number of hydrogen-bond donors (Lipinski definition) is 1. The van der Waals surface area contributed by atoms with Crippen LogP contribution in [0.2, 0.25) is 0 Å². The van der Waals surface area contributed by atoms with Gasteiger partial charge in [-0.1, -0.05) is 6.07 Å². The molecule has 1 aromatic carbocycles. The van der Waals surface area contributed by atoms with Gasteiger partial charge in [0.15, 0.2) is 0 Å². The van der Waals surface area contributed by atoms with Crippen molar-refractivity contribution in [2.75, 3.05) is 5.32 Å². The van der Waals surface area contributed by atoms with Crippen LogP contribution in [0.1, 0.15) is 31.2 Å².